The first-order valence-electron chi connectivity index (χ1n) is 14.5. The molecule has 0 bridgehead atoms. The Hall–Kier alpha value is -0.240. The van der Waals surface area contributed by atoms with Gasteiger partial charge in [-0.25, -0.2) is 0 Å². The van der Waals surface area contributed by atoms with Crippen LogP contribution in [0.1, 0.15) is 118 Å². The summed E-state index contributed by atoms with van der Waals surface area (Å²) in [7, 11) is 0. The number of rotatable bonds is 5. The van der Waals surface area contributed by atoms with Crippen molar-refractivity contribution in [2.75, 3.05) is 0 Å². The first kappa shape index (κ1) is 24.5. The Bertz CT molecular complexity index is 764. The minimum atomic E-state index is -0.0211. The first-order valence-corrected chi connectivity index (χ1v) is 14.9. The van der Waals surface area contributed by atoms with E-state index >= 15 is 0 Å². The Kier molecular flexibility index (Phi) is 6.45. The van der Waals surface area contributed by atoms with E-state index in [1.165, 1.54) is 77.0 Å². The van der Waals surface area contributed by atoms with E-state index in [1.54, 1.807) is 0 Å². The largest absolute Gasteiger partial charge is 0.411 e. The summed E-state index contributed by atoms with van der Waals surface area (Å²) < 4.78 is 0. The molecule has 0 aromatic carbocycles. The second kappa shape index (κ2) is 8.70. The highest BCUT2D eigenvalue weighted by Gasteiger charge is 2.64. The van der Waals surface area contributed by atoms with E-state index in [0.29, 0.717) is 10.8 Å². The molecule has 33 heavy (non-hydrogen) atoms. The van der Waals surface area contributed by atoms with Crippen LogP contribution < -0.4 is 0 Å². The highest BCUT2D eigenvalue weighted by Crippen LogP contribution is 2.71. The van der Waals surface area contributed by atoms with Crippen LogP contribution in [-0.2, 0) is 0 Å². The minimum Gasteiger partial charge on any atom is -0.411 e. The van der Waals surface area contributed by atoms with Gasteiger partial charge in [-0.2, -0.15) is 0 Å². The molecule has 0 saturated heterocycles. The maximum absolute atomic E-state index is 9.25. The van der Waals surface area contributed by atoms with Crippen molar-refractivity contribution in [1.82, 2.24) is 0 Å². The summed E-state index contributed by atoms with van der Waals surface area (Å²) in [4.78, 5) is 0. The van der Waals surface area contributed by atoms with Gasteiger partial charge >= 0.3 is 0 Å². The van der Waals surface area contributed by atoms with E-state index in [2.05, 4.69) is 39.8 Å². The zero-order valence-electron chi connectivity index (χ0n) is 22.1. The Labute approximate surface area is 208 Å². The van der Waals surface area contributed by atoms with Crippen molar-refractivity contribution in [3.63, 3.8) is 0 Å². The SMILES string of the molecule is CC(C)CCC[C@@H](C)[C@H]1CC[C@H]2[C@@H]3CCC4C[C@]5(CC[C@]4(C)[C@H]3CC[C@]12C)C/C(=N\O)C5Cl. The van der Waals surface area contributed by atoms with Crippen molar-refractivity contribution >= 4 is 17.3 Å². The Morgan fingerprint density at radius 1 is 0.939 bits per heavy atom. The third kappa shape index (κ3) is 3.74. The lowest BCUT2D eigenvalue weighted by atomic mass is 9.41. The fraction of sp³-hybridized carbons (Fsp3) is 0.967. The number of halogens is 1. The Morgan fingerprint density at radius 3 is 2.39 bits per heavy atom. The summed E-state index contributed by atoms with van der Waals surface area (Å²) in [5, 5.41) is 12.7. The van der Waals surface area contributed by atoms with E-state index < -0.39 is 0 Å². The van der Waals surface area contributed by atoms with Gasteiger partial charge in [0.25, 0.3) is 0 Å². The van der Waals surface area contributed by atoms with Crippen LogP contribution in [0.2, 0.25) is 0 Å². The van der Waals surface area contributed by atoms with Crippen LogP contribution in [0, 0.1) is 57.7 Å². The van der Waals surface area contributed by atoms with E-state index in [9.17, 15) is 5.21 Å². The molecule has 5 rings (SSSR count). The monoisotopic (exact) mass is 475 g/mol. The molecule has 0 aromatic heterocycles. The molecule has 0 heterocycles. The first-order chi connectivity index (χ1) is 15.6. The molecule has 2 nitrogen and oxygen atoms in total. The number of fused-ring (bicyclic) bond motifs is 5. The molecule has 0 radical (unpaired) electrons. The van der Waals surface area contributed by atoms with Gasteiger partial charge in [0.15, 0.2) is 0 Å². The third-order valence-corrected chi connectivity index (χ3v) is 13.3. The van der Waals surface area contributed by atoms with Crippen molar-refractivity contribution in [3.8, 4) is 0 Å². The number of hydrogen-bond donors (Lipinski definition) is 1. The summed E-state index contributed by atoms with van der Waals surface area (Å²) >= 11 is 6.76. The lowest BCUT2D eigenvalue weighted by molar-refractivity contribution is -0.134. The molecule has 5 fully saturated rings. The molecule has 188 valence electrons. The molecular formula is C30H50ClNO. The molecule has 0 amide bonds. The standard InChI is InChI=1S/C30H50ClNO/c1-19(2)7-6-8-20(3)23-11-12-24-22-10-9-21-17-30(18-26(32-33)27(30)31)16-15-28(21,4)25(22)13-14-29(23,24)5/h19-25,27,33H,6-18H2,1-5H3/b32-26+/t20-,21?,22+,23-,24+,25+,27?,28+,29-,30-/m1/s1. The van der Waals surface area contributed by atoms with Crippen LogP contribution in [0.25, 0.3) is 0 Å². The van der Waals surface area contributed by atoms with Crippen molar-refractivity contribution < 1.29 is 5.21 Å². The van der Waals surface area contributed by atoms with Crippen LogP contribution >= 0.6 is 11.6 Å². The summed E-state index contributed by atoms with van der Waals surface area (Å²) in [6.45, 7) is 12.7. The second-order valence-corrected chi connectivity index (χ2v) is 14.8. The van der Waals surface area contributed by atoms with Gasteiger partial charge in [-0.1, -0.05) is 59.0 Å². The predicted octanol–water partition coefficient (Wildman–Crippen LogP) is 8.94. The van der Waals surface area contributed by atoms with Crippen LogP contribution in [-0.4, -0.2) is 16.3 Å². The Morgan fingerprint density at radius 2 is 1.70 bits per heavy atom. The molecule has 10 atom stereocenters. The van der Waals surface area contributed by atoms with Gasteiger partial charge < -0.3 is 5.21 Å². The number of hydrogen-bond acceptors (Lipinski definition) is 2. The quantitative estimate of drug-likeness (QED) is 0.240. The van der Waals surface area contributed by atoms with E-state index in [4.69, 9.17) is 11.6 Å². The lowest BCUT2D eigenvalue weighted by Crippen LogP contribution is -2.60. The number of oxime groups is 1. The van der Waals surface area contributed by atoms with E-state index in [0.717, 1.165) is 53.6 Å². The molecule has 0 aliphatic heterocycles. The van der Waals surface area contributed by atoms with Gasteiger partial charge in [0.2, 0.25) is 0 Å². The predicted molar refractivity (Wildman–Crippen MR) is 139 cm³/mol. The van der Waals surface area contributed by atoms with Gasteiger partial charge in [-0.05, 0) is 122 Å². The van der Waals surface area contributed by atoms with Crippen LogP contribution in [0.3, 0.4) is 0 Å². The van der Waals surface area contributed by atoms with Gasteiger partial charge in [0.05, 0.1) is 11.1 Å². The number of nitrogens with zero attached hydrogens (tertiary/aromatic N) is 1. The average Bonchev–Trinajstić information content (AvgIpc) is 3.14. The van der Waals surface area contributed by atoms with Gasteiger partial charge in [0.1, 0.15) is 0 Å². The summed E-state index contributed by atoms with van der Waals surface area (Å²) in [5.41, 5.74) is 2.17. The Balaban J connectivity index is 1.28. The maximum atomic E-state index is 9.25. The molecule has 5 aliphatic rings. The molecular weight excluding hydrogens is 426 g/mol. The lowest BCUT2D eigenvalue weighted by Gasteiger charge is -2.64. The molecule has 3 heteroatoms. The maximum Gasteiger partial charge on any atom is 0.0811 e. The molecule has 1 spiro atoms. The number of alkyl halides is 1. The molecule has 1 N–H and O–H groups in total. The smallest absolute Gasteiger partial charge is 0.0811 e. The van der Waals surface area contributed by atoms with Gasteiger partial charge in [-0.3, -0.25) is 0 Å². The fourth-order valence-corrected chi connectivity index (χ4v) is 11.0. The van der Waals surface area contributed by atoms with Crippen LogP contribution in [0.4, 0.5) is 0 Å². The minimum absolute atomic E-state index is 0.0211. The van der Waals surface area contributed by atoms with Gasteiger partial charge in [0, 0.05) is 0 Å². The van der Waals surface area contributed by atoms with Gasteiger partial charge in [-0.15, -0.1) is 11.6 Å². The van der Waals surface area contributed by atoms with E-state index in [1.807, 2.05) is 0 Å². The average molecular weight is 476 g/mol. The molecule has 5 aliphatic carbocycles. The molecule has 5 saturated carbocycles. The van der Waals surface area contributed by atoms with Crippen LogP contribution in [0.15, 0.2) is 5.16 Å². The summed E-state index contributed by atoms with van der Waals surface area (Å²) in [6, 6.07) is 0. The fourth-order valence-electron chi connectivity index (χ4n) is 10.6. The highest BCUT2D eigenvalue weighted by atomic mass is 35.5. The molecule has 0 aromatic rings. The third-order valence-electron chi connectivity index (χ3n) is 12.6. The highest BCUT2D eigenvalue weighted by molar-refractivity contribution is 6.35. The van der Waals surface area contributed by atoms with Crippen molar-refractivity contribution in [2.24, 2.45) is 62.8 Å². The van der Waals surface area contributed by atoms with Crippen molar-refractivity contribution in [1.29, 1.82) is 0 Å². The van der Waals surface area contributed by atoms with E-state index in [-0.39, 0.29) is 10.8 Å². The van der Waals surface area contributed by atoms with Crippen molar-refractivity contribution in [2.45, 2.75) is 123 Å². The summed E-state index contributed by atoms with van der Waals surface area (Å²) in [6.07, 6.45) is 17.9. The second-order valence-electron chi connectivity index (χ2n) is 14.4. The molecule has 2 unspecified atom stereocenters. The zero-order chi connectivity index (χ0) is 23.6. The normalized spacial score (nSPS) is 51.2. The zero-order valence-corrected chi connectivity index (χ0v) is 22.8. The summed E-state index contributed by atoms with van der Waals surface area (Å²) in [5.74, 6) is 6.40. The topological polar surface area (TPSA) is 32.6 Å². The van der Waals surface area contributed by atoms with Crippen LogP contribution in [0.5, 0.6) is 0 Å². The van der Waals surface area contributed by atoms with Crippen molar-refractivity contribution in [3.05, 3.63) is 0 Å².